The summed E-state index contributed by atoms with van der Waals surface area (Å²) in [4.78, 5) is 11.3. The molecule has 104 valence electrons. The minimum Gasteiger partial charge on any atom is -0.368 e. The van der Waals surface area contributed by atoms with E-state index >= 15 is 0 Å². The van der Waals surface area contributed by atoms with Gasteiger partial charge in [-0.1, -0.05) is 12.1 Å². The number of hydrogen-bond donors (Lipinski definition) is 2. The lowest BCUT2D eigenvalue weighted by molar-refractivity contribution is 0.326. The summed E-state index contributed by atoms with van der Waals surface area (Å²) in [6.07, 6.45) is 3.92. The molecule has 5 nitrogen and oxygen atoms in total. The van der Waals surface area contributed by atoms with Gasteiger partial charge in [-0.3, -0.25) is 4.90 Å². The molecule has 2 fully saturated rings. The fourth-order valence-corrected chi connectivity index (χ4v) is 3.07. The normalized spacial score (nSPS) is 23.3. The van der Waals surface area contributed by atoms with E-state index in [-0.39, 0.29) is 0 Å². The molecule has 1 atom stereocenters. The Hall–Kier alpha value is -1.88. The third kappa shape index (κ3) is 2.18. The number of likely N-dealkylation sites (tertiary alicyclic amines) is 1. The average Bonchev–Trinajstić information content (AvgIpc) is 3.19. The molecule has 0 spiro atoms. The third-order valence-corrected chi connectivity index (χ3v) is 4.24. The van der Waals surface area contributed by atoms with Crippen LogP contribution in [0.1, 0.15) is 19.3 Å². The topological polar surface area (TPSA) is 67.1 Å². The largest absolute Gasteiger partial charge is 0.368 e. The Morgan fingerprint density at radius 3 is 2.85 bits per heavy atom. The Morgan fingerprint density at radius 2 is 2.00 bits per heavy atom. The highest BCUT2D eigenvalue weighted by atomic mass is 15.2. The number of nitrogens with one attached hydrogen (secondary N) is 1. The maximum Gasteiger partial charge on any atom is 0.222 e. The molecule has 0 bridgehead atoms. The number of rotatable bonds is 3. The number of aromatic nitrogens is 2. The van der Waals surface area contributed by atoms with Gasteiger partial charge in [0.15, 0.2) is 0 Å². The highest BCUT2D eigenvalue weighted by molar-refractivity contribution is 5.89. The number of nitrogens with two attached hydrogens (primary N) is 1. The van der Waals surface area contributed by atoms with Crippen molar-refractivity contribution < 1.29 is 0 Å². The molecule has 1 unspecified atom stereocenters. The monoisotopic (exact) mass is 269 g/mol. The minimum absolute atomic E-state index is 0.336. The SMILES string of the molecule is Nc1nc(NC2CCN(C3CC3)C2)c2ccccc2n1. The number of benzene rings is 1. The van der Waals surface area contributed by atoms with Crippen LogP contribution in [0, 0.1) is 0 Å². The van der Waals surface area contributed by atoms with E-state index in [1.807, 2.05) is 24.3 Å². The van der Waals surface area contributed by atoms with Crippen molar-refractivity contribution in [1.29, 1.82) is 0 Å². The molecule has 0 radical (unpaired) electrons. The van der Waals surface area contributed by atoms with Crippen molar-refractivity contribution in [1.82, 2.24) is 14.9 Å². The van der Waals surface area contributed by atoms with Crippen molar-refractivity contribution in [3.05, 3.63) is 24.3 Å². The molecule has 2 aliphatic rings. The van der Waals surface area contributed by atoms with Gasteiger partial charge in [0.2, 0.25) is 5.95 Å². The molecule has 1 aromatic carbocycles. The van der Waals surface area contributed by atoms with Crippen LogP contribution in [-0.2, 0) is 0 Å². The highest BCUT2D eigenvalue weighted by Gasteiger charge is 2.34. The molecule has 4 rings (SSSR count). The Bertz CT molecular complexity index is 637. The standard InChI is InChI=1S/C15H19N5/c16-15-18-13-4-2-1-3-12(13)14(19-15)17-10-7-8-20(9-10)11-5-6-11/h1-4,10-11H,5-9H2,(H3,16,17,18,19). The summed E-state index contributed by atoms with van der Waals surface area (Å²) in [7, 11) is 0. The first kappa shape index (κ1) is 11.9. The van der Waals surface area contributed by atoms with Gasteiger partial charge in [-0.25, -0.2) is 4.98 Å². The minimum atomic E-state index is 0.336. The van der Waals surface area contributed by atoms with Crippen molar-refractivity contribution >= 4 is 22.7 Å². The summed E-state index contributed by atoms with van der Waals surface area (Å²) in [5.41, 5.74) is 6.71. The lowest BCUT2D eigenvalue weighted by Gasteiger charge is -2.17. The van der Waals surface area contributed by atoms with E-state index in [2.05, 4.69) is 20.2 Å². The van der Waals surface area contributed by atoms with Gasteiger partial charge in [-0.15, -0.1) is 0 Å². The van der Waals surface area contributed by atoms with Gasteiger partial charge in [0, 0.05) is 30.6 Å². The van der Waals surface area contributed by atoms with Gasteiger partial charge in [-0.05, 0) is 31.4 Å². The van der Waals surface area contributed by atoms with Gasteiger partial charge in [0.05, 0.1) is 5.52 Å². The second-order valence-corrected chi connectivity index (χ2v) is 5.80. The van der Waals surface area contributed by atoms with E-state index in [9.17, 15) is 0 Å². The molecule has 0 amide bonds. The zero-order chi connectivity index (χ0) is 13.5. The third-order valence-electron chi connectivity index (χ3n) is 4.24. The number of nitrogens with zero attached hydrogens (tertiary/aromatic N) is 3. The van der Waals surface area contributed by atoms with Crippen molar-refractivity contribution in [2.45, 2.75) is 31.3 Å². The molecule has 1 saturated heterocycles. The number of anilines is 2. The number of para-hydroxylation sites is 1. The van der Waals surface area contributed by atoms with E-state index in [4.69, 9.17) is 5.73 Å². The summed E-state index contributed by atoms with van der Waals surface area (Å²) in [5.74, 6) is 1.21. The van der Waals surface area contributed by atoms with Gasteiger partial charge in [0.25, 0.3) is 0 Å². The van der Waals surface area contributed by atoms with Crippen LogP contribution in [0.15, 0.2) is 24.3 Å². The first-order valence-electron chi connectivity index (χ1n) is 7.32. The van der Waals surface area contributed by atoms with Crippen LogP contribution >= 0.6 is 0 Å². The summed E-state index contributed by atoms with van der Waals surface area (Å²) in [6.45, 7) is 2.31. The maximum absolute atomic E-state index is 5.81. The summed E-state index contributed by atoms with van der Waals surface area (Å²) < 4.78 is 0. The lowest BCUT2D eigenvalue weighted by atomic mass is 10.2. The van der Waals surface area contributed by atoms with Gasteiger partial charge >= 0.3 is 0 Å². The van der Waals surface area contributed by atoms with E-state index < -0.39 is 0 Å². The van der Waals surface area contributed by atoms with Crippen molar-refractivity contribution in [3.8, 4) is 0 Å². The van der Waals surface area contributed by atoms with Crippen LogP contribution < -0.4 is 11.1 Å². The first-order valence-corrected chi connectivity index (χ1v) is 7.32. The predicted octanol–water partition coefficient (Wildman–Crippen LogP) is 1.86. The van der Waals surface area contributed by atoms with E-state index in [0.717, 1.165) is 29.3 Å². The van der Waals surface area contributed by atoms with Crippen molar-refractivity contribution in [3.63, 3.8) is 0 Å². The second-order valence-electron chi connectivity index (χ2n) is 5.80. The van der Waals surface area contributed by atoms with Gasteiger partial charge in [-0.2, -0.15) is 4.98 Å². The second kappa shape index (κ2) is 4.59. The number of nitrogen functional groups attached to an aromatic ring is 1. The van der Waals surface area contributed by atoms with Crippen LogP contribution in [0.25, 0.3) is 10.9 Å². The Labute approximate surface area is 118 Å². The Balaban J connectivity index is 1.59. The smallest absolute Gasteiger partial charge is 0.222 e. The van der Waals surface area contributed by atoms with E-state index in [0.29, 0.717) is 12.0 Å². The van der Waals surface area contributed by atoms with Crippen LogP contribution in [0.5, 0.6) is 0 Å². The number of hydrogen-bond acceptors (Lipinski definition) is 5. The summed E-state index contributed by atoms with van der Waals surface area (Å²) in [6, 6.07) is 9.32. The number of fused-ring (bicyclic) bond motifs is 1. The predicted molar refractivity (Wildman–Crippen MR) is 80.6 cm³/mol. The molecule has 2 aromatic rings. The fourth-order valence-electron chi connectivity index (χ4n) is 3.07. The van der Waals surface area contributed by atoms with Crippen molar-refractivity contribution in [2.75, 3.05) is 24.1 Å². The zero-order valence-corrected chi connectivity index (χ0v) is 11.4. The van der Waals surface area contributed by atoms with E-state index in [1.54, 1.807) is 0 Å². The van der Waals surface area contributed by atoms with Crippen LogP contribution in [0.4, 0.5) is 11.8 Å². The van der Waals surface area contributed by atoms with E-state index in [1.165, 1.54) is 25.8 Å². The average molecular weight is 269 g/mol. The maximum atomic E-state index is 5.81. The summed E-state index contributed by atoms with van der Waals surface area (Å²) in [5, 5.41) is 4.61. The Kier molecular flexibility index (Phi) is 2.73. The molecular weight excluding hydrogens is 250 g/mol. The molecule has 1 aliphatic heterocycles. The molecule has 20 heavy (non-hydrogen) atoms. The zero-order valence-electron chi connectivity index (χ0n) is 11.4. The molecule has 1 saturated carbocycles. The van der Waals surface area contributed by atoms with Crippen LogP contribution in [-0.4, -0.2) is 40.0 Å². The first-order chi connectivity index (χ1) is 9.79. The molecule has 1 aromatic heterocycles. The molecule has 1 aliphatic carbocycles. The van der Waals surface area contributed by atoms with Crippen LogP contribution in [0.3, 0.4) is 0 Å². The highest BCUT2D eigenvalue weighted by Crippen LogP contribution is 2.31. The quantitative estimate of drug-likeness (QED) is 0.890. The Morgan fingerprint density at radius 1 is 1.15 bits per heavy atom. The molecule has 2 heterocycles. The van der Waals surface area contributed by atoms with Gasteiger partial charge in [0.1, 0.15) is 5.82 Å². The molecule has 5 heteroatoms. The fraction of sp³-hybridized carbons (Fsp3) is 0.467. The molecular formula is C15H19N5. The summed E-state index contributed by atoms with van der Waals surface area (Å²) >= 11 is 0. The lowest BCUT2D eigenvalue weighted by Crippen LogP contribution is -2.28. The molecule has 3 N–H and O–H groups in total. The van der Waals surface area contributed by atoms with Crippen molar-refractivity contribution in [2.24, 2.45) is 0 Å². The van der Waals surface area contributed by atoms with Crippen LogP contribution in [0.2, 0.25) is 0 Å². The van der Waals surface area contributed by atoms with Gasteiger partial charge < -0.3 is 11.1 Å².